The molecule has 0 saturated carbocycles. The first kappa shape index (κ1) is 14.3. The van der Waals surface area contributed by atoms with E-state index in [-0.39, 0.29) is 5.54 Å². The van der Waals surface area contributed by atoms with Gasteiger partial charge in [-0.25, -0.2) is 0 Å². The molecule has 2 N–H and O–H groups in total. The molecule has 0 heterocycles. The summed E-state index contributed by atoms with van der Waals surface area (Å²) in [5.41, 5.74) is 0.0652. The third kappa shape index (κ3) is 7.23. The molecule has 0 amide bonds. The Labute approximate surface area is 94.7 Å². The molecule has 0 fully saturated rings. The maximum Gasteiger partial charge on any atom is 0.191 e. The van der Waals surface area contributed by atoms with Crippen LogP contribution in [0.5, 0.6) is 0 Å². The van der Waals surface area contributed by atoms with E-state index in [9.17, 15) is 0 Å². The van der Waals surface area contributed by atoms with Gasteiger partial charge in [-0.15, -0.1) is 0 Å². The SMILES string of the molecule is CCC(CC)CNC(=NC)NC(C)(C)C. The molecule has 0 aromatic rings. The Hall–Kier alpha value is -0.730. The van der Waals surface area contributed by atoms with E-state index in [1.54, 1.807) is 0 Å². The normalized spacial score (nSPS) is 13.1. The number of nitrogens with zero attached hydrogens (tertiary/aromatic N) is 1. The molecule has 0 aromatic heterocycles. The first-order valence-corrected chi connectivity index (χ1v) is 5.91. The van der Waals surface area contributed by atoms with Crippen LogP contribution in [0.15, 0.2) is 4.99 Å². The average molecular weight is 213 g/mol. The molecule has 0 aliphatic rings. The van der Waals surface area contributed by atoms with Gasteiger partial charge in [-0.05, 0) is 26.7 Å². The molecule has 0 radical (unpaired) electrons. The van der Waals surface area contributed by atoms with Crippen molar-refractivity contribution in [1.29, 1.82) is 0 Å². The quantitative estimate of drug-likeness (QED) is 0.556. The minimum atomic E-state index is 0.0652. The van der Waals surface area contributed by atoms with Gasteiger partial charge < -0.3 is 10.6 Å². The van der Waals surface area contributed by atoms with Crippen molar-refractivity contribution in [3.05, 3.63) is 0 Å². The third-order valence-electron chi connectivity index (χ3n) is 2.43. The number of aliphatic imine (C=N–C) groups is 1. The first-order chi connectivity index (χ1) is 6.92. The van der Waals surface area contributed by atoms with Crippen LogP contribution in [0.1, 0.15) is 47.5 Å². The number of guanidine groups is 1. The number of hydrogen-bond acceptors (Lipinski definition) is 1. The molecule has 0 atom stereocenters. The van der Waals surface area contributed by atoms with Crippen LogP contribution in [0.3, 0.4) is 0 Å². The van der Waals surface area contributed by atoms with Crippen LogP contribution in [-0.2, 0) is 0 Å². The summed E-state index contributed by atoms with van der Waals surface area (Å²) >= 11 is 0. The highest BCUT2D eigenvalue weighted by Gasteiger charge is 2.12. The van der Waals surface area contributed by atoms with Crippen LogP contribution in [0.25, 0.3) is 0 Å². The fraction of sp³-hybridized carbons (Fsp3) is 0.917. The lowest BCUT2D eigenvalue weighted by Gasteiger charge is -2.25. The van der Waals surface area contributed by atoms with E-state index in [0.717, 1.165) is 18.4 Å². The number of hydrogen-bond donors (Lipinski definition) is 2. The molecule has 3 heteroatoms. The van der Waals surface area contributed by atoms with Crippen molar-refractivity contribution < 1.29 is 0 Å². The zero-order chi connectivity index (χ0) is 11.9. The zero-order valence-corrected chi connectivity index (χ0v) is 11.1. The van der Waals surface area contributed by atoms with Crippen molar-refractivity contribution in [2.75, 3.05) is 13.6 Å². The molecule has 0 aromatic carbocycles. The van der Waals surface area contributed by atoms with E-state index in [0.29, 0.717) is 0 Å². The molecule has 0 unspecified atom stereocenters. The summed E-state index contributed by atoms with van der Waals surface area (Å²) in [5, 5.41) is 6.72. The summed E-state index contributed by atoms with van der Waals surface area (Å²) in [6.07, 6.45) is 2.44. The Morgan fingerprint density at radius 1 is 1.20 bits per heavy atom. The Morgan fingerprint density at radius 2 is 1.73 bits per heavy atom. The van der Waals surface area contributed by atoms with Crippen LogP contribution in [0.4, 0.5) is 0 Å². The number of rotatable bonds is 4. The second-order valence-corrected chi connectivity index (χ2v) is 5.01. The Kier molecular flexibility index (Phi) is 6.37. The Balaban J connectivity index is 4.02. The van der Waals surface area contributed by atoms with Gasteiger partial charge in [0.25, 0.3) is 0 Å². The topological polar surface area (TPSA) is 36.4 Å². The van der Waals surface area contributed by atoms with Gasteiger partial charge in [0.2, 0.25) is 0 Å². The summed E-state index contributed by atoms with van der Waals surface area (Å²) in [4.78, 5) is 4.21. The van der Waals surface area contributed by atoms with Gasteiger partial charge in [0, 0.05) is 19.1 Å². The minimum Gasteiger partial charge on any atom is -0.356 e. The average Bonchev–Trinajstić information content (AvgIpc) is 2.15. The highest BCUT2D eigenvalue weighted by atomic mass is 15.2. The maximum atomic E-state index is 4.21. The van der Waals surface area contributed by atoms with Crippen LogP contribution in [-0.4, -0.2) is 25.1 Å². The van der Waals surface area contributed by atoms with Crippen LogP contribution >= 0.6 is 0 Å². The summed E-state index contributed by atoms with van der Waals surface area (Å²) in [5.74, 6) is 1.64. The predicted molar refractivity (Wildman–Crippen MR) is 68.3 cm³/mol. The molecule has 90 valence electrons. The number of nitrogens with one attached hydrogen (secondary N) is 2. The van der Waals surface area contributed by atoms with Crippen LogP contribution in [0.2, 0.25) is 0 Å². The maximum absolute atomic E-state index is 4.21. The molecule has 0 saturated heterocycles. The summed E-state index contributed by atoms with van der Waals surface area (Å²) in [6.45, 7) is 11.9. The largest absolute Gasteiger partial charge is 0.356 e. The monoisotopic (exact) mass is 213 g/mol. The lowest BCUT2D eigenvalue weighted by atomic mass is 10.0. The minimum absolute atomic E-state index is 0.0652. The molecule has 0 bridgehead atoms. The Bertz CT molecular complexity index is 188. The second kappa shape index (κ2) is 6.70. The molecular weight excluding hydrogens is 186 g/mol. The summed E-state index contributed by atoms with van der Waals surface area (Å²) in [6, 6.07) is 0. The smallest absolute Gasteiger partial charge is 0.191 e. The van der Waals surface area contributed by atoms with Gasteiger partial charge in [-0.3, -0.25) is 4.99 Å². The highest BCUT2D eigenvalue weighted by molar-refractivity contribution is 5.80. The van der Waals surface area contributed by atoms with E-state index in [2.05, 4.69) is 50.2 Å². The van der Waals surface area contributed by atoms with Gasteiger partial charge in [0.05, 0.1) is 0 Å². The van der Waals surface area contributed by atoms with E-state index < -0.39 is 0 Å². The molecule has 0 aliphatic carbocycles. The van der Waals surface area contributed by atoms with Gasteiger partial charge >= 0.3 is 0 Å². The summed E-state index contributed by atoms with van der Waals surface area (Å²) < 4.78 is 0. The van der Waals surface area contributed by atoms with E-state index in [4.69, 9.17) is 0 Å². The molecule has 0 spiro atoms. The molecular formula is C12H27N3. The van der Waals surface area contributed by atoms with Gasteiger partial charge in [-0.1, -0.05) is 26.7 Å². The van der Waals surface area contributed by atoms with Crippen molar-refractivity contribution in [3.63, 3.8) is 0 Å². The Morgan fingerprint density at radius 3 is 2.07 bits per heavy atom. The van der Waals surface area contributed by atoms with Crippen molar-refractivity contribution in [2.24, 2.45) is 10.9 Å². The zero-order valence-electron chi connectivity index (χ0n) is 11.1. The second-order valence-electron chi connectivity index (χ2n) is 5.01. The van der Waals surface area contributed by atoms with E-state index in [1.807, 2.05) is 7.05 Å². The molecule has 3 nitrogen and oxygen atoms in total. The van der Waals surface area contributed by atoms with Crippen molar-refractivity contribution in [2.45, 2.75) is 53.0 Å². The third-order valence-corrected chi connectivity index (χ3v) is 2.43. The van der Waals surface area contributed by atoms with Gasteiger partial charge in [-0.2, -0.15) is 0 Å². The molecule has 15 heavy (non-hydrogen) atoms. The highest BCUT2D eigenvalue weighted by Crippen LogP contribution is 2.05. The van der Waals surface area contributed by atoms with Gasteiger partial charge in [0.15, 0.2) is 5.96 Å². The molecule has 0 rings (SSSR count). The van der Waals surface area contributed by atoms with E-state index in [1.165, 1.54) is 12.8 Å². The molecule has 0 aliphatic heterocycles. The lowest BCUT2D eigenvalue weighted by molar-refractivity contribution is 0.464. The first-order valence-electron chi connectivity index (χ1n) is 5.91. The lowest BCUT2D eigenvalue weighted by Crippen LogP contribution is -2.48. The van der Waals surface area contributed by atoms with E-state index >= 15 is 0 Å². The standard InChI is InChI=1S/C12H27N3/c1-7-10(8-2)9-14-11(13-6)15-12(3,4)5/h10H,7-9H2,1-6H3,(H2,13,14,15). The van der Waals surface area contributed by atoms with Crippen molar-refractivity contribution >= 4 is 5.96 Å². The predicted octanol–water partition coefficient (Wildman–Crippen LogP) is 2.39. The van der Waals surface area contributed by atoms with Crippen LogP contribution < -0.4 is 10.6 Å². The fourth-order valence-electron chi connectivity index (χ4n) is 1.35. The van der Waals surface area contributed by atoms with Crippen LogP contribution in [0, 0.1) is 5.92 Å². The van der Waals surface area contributed by atoms with Crippen molar-refractivity contribution in [3.8, 4) is 0 Å². The van der Waals surface area contributed by atoms with Crippen molar-refractivity contribution in [1.82, 2.24) is 10.6 Å². The fourth-order valence-corrected chi connectivity index (χ4v) is 1.35. The summed E-state index contributed by atoms with van der Waals surface area (Å²) in [7, 11) is 1.81. The van der Waals surface area contributed by atoms with Gasteiger partial charge in [0.1, 0.15) is 0 Å².